The first-order chi connectivity index (χ1) is 9.69. The lowest BCUT2D eigenvalue weighted by atomic mass is 10.2. The molecule has 1 rings (SSSR count). The van der Waals surface area contributed by atoms with Gasteiger partial charge in [0.15, 0.2) is 6.29 Å². The number of thioether (sulfide) groups is 1. The van der Waals surface area contributed by atoms with Gasteiger partial charge in [-0.2, -0.15) is 5.26 Å². The highest BCUT2D eigenvalue weighted by Gasteiger charge is 2.07. The van der Waals surface area contributed by atoms with E-state index in [0.717, 1.165) is 11.3 Å². The summed E-state index contributed by atoms with van der Waals surface area (Å²) in [6, 6.07) is 9.42. The summed E-state index contributed by atoms with van der Waals surface area (Å²) in [5.74, 6) is 1.06. The summed E-state index contributed by atoms with van der Waals surface area (Å²) in [5, 5.41) is 11.4. The van der Waals surface area contributed by atoms with Gasteiger partial charge in [-0.3, -0.25) is 4.79 Å². The van der Waals surface area contributed by atoms with Crippen molar-refractivity contribution in [2.24, 2.45) is 0 Å². The fraction of sp³-hybridized carbons (Fsp3) is 0.429. The monoisotopic (exact) mass is 294 g/mol. The molecule has 0 saturated carbocycles. The molecule has 0 bridgehead atoms. The highest BCUT2D eigenvalue weighted by molar-refractivity contribution is 7.99. The molecule has 0 aliphatic carbocycles. The lowest BCUT2D eigenvalue weighted by molar-refractivity contribution is -0.125. The van der Waals surface area contributed by atoms with E-state index < -0.39 is 6.29 Å². The Balaban J connectivity index is 2.22. The van der Waals surface area contributed by atoms with Crippen LogP contribution in [0.25, 0.3) is 0 Å². The van der Waals surface area contributed by atoms with Crippen molar-refractivity contribution in [3.05, 3.63) is 35.4 Å². The molecule has 20 heavy (non-hydrogen) atoms. The van der Waals surface area contributed by atoms with Gasteiger partial charge in [-0.1, -0.05) is 12.1 Å². The molecule has 0 saturated heterocycles. The highest BCUT2D eigenvalue weighted by atomic mass is 32.2. The van der Waals surface area contributed by atoms with Gasteiger partial charge in [-0.25, -0.2) is 0 Å². The Hall–Kier alpha value is -1.55. The zero-order valence-electron chi connectivity index (χ0n) is 11.6. The topological polar surface area (TPSA) is 71.3 Å². The van der Waals surface area contributed by atoms with Crippen LogP contribution in [-0.4, -0.2) is 38.7 Å². The predicted molar refractivity (Wildman–Crippen MR) is 78.1 cm³/mol. The first-order valence-electron chi connectivity index (χ1n) is 6.08. The third-order valence-corrected chi connectivity index (χ3v) is 3.58. The maximum absolute atomic E-state index is 11.6. The lowest BCUT2D eigenvalue weighted by Gasteiger charge is -2.13. The molecule has 1 aromatic carbocycles. The molecule has 0 spiro atoms. The Morgan fingerprint density at radius 3 is 2.55 bits per heavy atom. The van der Waals surface area contributed by atoms with Gasteiger partial charge in [0.25, 0.3) is 0 Å². The van der Waals surface area contributed by atoms with Crippen LogP contribution in [0.5, 0.6) is 0 Å². The van der Waals surface area contributed by atoms with E-state index in [-0.39, 0.29) is 5.91 Å². The smallest absolute Gasteiger partial charge is 0.230 e. The number of nitrogens with zero attached hydrogens (tertiary/aromatic N) is 1. The number of ether oxygens (including phenoxy) is 2. The molecule has 0 aliphatic rings. The molecule has 0 fully saturated rings. The molecule has 0 heterocycles. The van der Waals surface area contributed by atoms with Gasteiger partial charge in [-0.05, 0) is 17.7 Å². The Bertz CT molecular complexity index is 452. The van der Waals surface area contributed by atoms with Crippen LogP contribution in [0.15, 0.2) is 24.3 Å². The lowest BCUT2D eigenvalue weighted by Crippen LogP contribution is -2.35. The third-order valence-electron chi connectivity index (χ3n) is 2.58. The van der Waals surface area contributed by atoms with Gasteiger partial charge >= 0.3 is 0 Å². The Morgan fingerprint density at radius 1 is 1.35 bits per heavy atom. The van der Waals surface area contributed by atoms with Crippen molar-refractivity contribution < 1.29 is 14.3 Å². The molecule has 0 radical (unpaired) electrons. The van der Waals surface area contributed by atoms with E-state index >= 15 is 0 Å². The fourth-order valence-electron chi connectivity index (χ4n) is 1.45. The molecule has 0 aromatic heterocycles. The van der Waals surface area contributed by atoms with E-state index in [1.807, 2.05) is 12.1 Å². The van der Waals surface area contributed by atoms with Crippen LogP contribution in [0.3, 0.4) is 0 Å². The number of nitriles is 1. The summed E-state index contributed by atoms with van der Waals surface area (Å²) < 4.78 is 9.95. The first-order valence-corrected chi connectivity index (χ1v) is 7.24. The minimum atomic E-state index is -0.414. The van der Waals surface area contributed by atoms with E-state index in [4.69, 9.17) is 14.7 Å². The Kier molecular flexibility index (Phi) is 7.73. The zero-order chi connectivity index (χ0) is 14.8. The SMILES string of the molecule is COC(CNC(=O)CSCc1ccc(C#N)cc1)OC. The van der Waals surface area contributed by atoms with Crippen molar-refractivity contribution in [2.45, 2.75) is 12.0 Å². The van der Waals surface area contributed by atoms with Crippen LogP contribution < -0.4 is 5.32 Å². The average Bonchev–Trinajstić information content (AvgIpc) is 2.49. The molecule has 1 N–H and O–H groups in total. The van der Waals surface area contributed by atoms with Crippen molar-refractivity contribution in [3.8, 4) is 6.07 Å². The number of amides is 1. The van der Waals surface area contributed by atoms with E-state index in [9.17, 15) is 4.79 Å². The summed E-state index contributed by atoms with van der Waals surface area (Å²) in [5.41, 5.74) is 1.73. The van der Waals surface area contributed by atoms with Gasteiger partial charge < -0.3 is 14.8 Å². The van der Waals surface area contributed by atoms with Crippen LogP contribution in [0.2, 0.25) is 0 Å². The summed E-state index contributed by atoms with van der Waals surface area (Å²) in [6.07, 6.45) is -0.414. The Morgan fingerprint density at radius 2 is 2.00 bits per heavy atom. The maximum atomic E-state index is 11.6. The average molecular weight is 294 g/mol. The number of methoxy groups -OCH3 is 2. The van der Waals surface area contributed by atoms with E-state index in [0.29, 0.717) is 17.9 Å². The predicted octanol–water partition coefficient (Wildman–Crippen LogP) is 1.53. The second-order valence-electron chi connectivity index (χ2n) is 4.01. The largest absolute Gasteiger partial charge is 0.354 e. The second-order valence-corrected chi connectivity index (χ2v) is 4.99. The van der Waals surface area contributed by atoms with Gasteiger partial charge in [-0.15, -0.1) is 11.8 Å². The number of hydrogen-bond acceptors (Lipinski definition) is 5. The van der Waals surface area contributed by atoms with Crippen molar-refractivity contribution in [2.75, 3.05) is 26.5 Å². The standard InChI is InChI=1S/C14H18N2O3S/c1-18-14(19-2)8-16-13(17)10-20-9-12-5-3-11(7-15)4-6-12/h3-6,14H,8-10H2,1-2H3,(H,16,17). The zero-order valence-corrected chi connectivity index (χ0v) is 12.4. The van der Waals surface area contributed by atoms with Crippen LogP contribution >= 0.6 is 11.8 Å². The normalized spacial score (nSPS) is 10.3. The summed E-state index contributed by atoms with van der Waals surface area (Å²) in [6.45, 7) is 0.337. The summed E-state index contributed by atoms with van der Waals surface area (Å²) >= 11 is 1.52. The number of nitrogens with one attached hydrogen (secondary N) is 1. The minimum absolute atomic E-state index is 0.0530. The number of hydrogen-bond donors (Lipinski definition) is 1. The van der Waals surface area contributed by atoms with Crippen molar-refractivity contribution >= 4 is 17.7 Å². The number of carbonyl (C=O) groups is 1. The number of carbonyl (C=O) groups excluding carboxylic acids is 1. The van der Waals surface area contributed by atoms with Gasteiger partial charge in [0.2, 0.25) is 5.91 Å². The van der Waals surface area contributed by atoms with Crippen molar-refractivity contribution in [1.29, 1.82) is 5.26 Å². The molecule has 108 valence electrons. The molecule has 5 nitrogen and oxygen atoms in total. The molecular formula is C14H18N2O3S. The third kappa shape index (κ3) is 6.06. The van der Waals surface area contributed by atoms with Crippen molar-refractivity contribution in [3.63, 3.8) is 0 Å². The summed E-state index contributed by atoms with van der Waals surface area (Å²) in [4.78, 5) is 11.6. The Labute approximate surface area is 123 Å². The molecule has 6 heteroatoms. The summed E-state index contributed by atoms with van der Waals surface area (Å²) in [7, 11) is 3.06. The number of benzene rings is 1. The number of rotatable bonds is 8. The second kappa shape index (κ2) is 9.37. The fourth-order valence-corrected chi connectivity index (χ4v) is 2.27. The van der Waals surface area contributed by atoms with Gasteiger partial charge in [0.05, 0.1) is 23.9 Å². The molecule has 1 aromatic rings. The van der Waals surface area contributed by atoms with Gasteiger partial charge in [0.1, 0.15) is 0 Å². The van der Waals surface area contributed by atoms with E-state index in [1.54, 1.807) is 12.1 Å². The van der Waals surface area contributed by atoms with Crippen LogP contribution in [0.1, 0.15) is 11.1 Å². The molecular weight excluding hydrogens is 276 g/mol. The van der Waals surface area contributed by atoms with Crippen LogP contribution in [-0.2, 0) is 20.0 Å². The van der Waals surface area contributed by atoms with Crippen LogP contribution in [0.4, 0.5) is 0 Å². The first kappa shape index (κ1) is 16.5. The van der Waals surface area contributed by atoms with E-state index in [2.05, 4.69) is 11.4 Å². The maximum Gasteiger partial charge on any atom is 0.230 e. The molecule has 0 aliphatic heterocycles. The minimum Gasteiger partial charge on any atom is -0.354 e. The van der Waals surface area contributed by atoms with E-state index in [1.165, 1.54) is 26.0 Å². The van der Waals surface area contributed by atoms with Crippen molar-refractivity contribution in [1.82, 2.24) is 5.32 Å². The van der Waals surface area contributed by atoms with Crippen LogP contribution in [0, 0.1) is 11.3 Å². The van der Waals surface area contributed by atoms with Gasteiger partial charge in [0, 0.05) is 20.0 Å². The highest BCUT2D eigenvalue weighted by Crippen LogP contribution is 2.12. The molecule has 0 unspecified atom stereocenters. The quantitative estimate of drug-likeness (QED) is 0.736. The molecule has 1 amide bonds. The molecule has 0 atom stereocenters.